The van der Waals surface area contributed by atoms with E-state index in [4.69, 9.17) is 21.6 Å². The number of halogens is 1. The molecule has 0 saturated carbocycles. The molecule has 1 aromatic rings. The smallest absolute Gasteiger partial charge is 0.169 e. The minimum atomic E-state index is -0.532. The number of nitriles is 1. The summed E-state index contributed by atoms with van der Waals surface area (Å²) >= 11 is 5.78. The maximum atomic E-state index is 11.0. The maximum absolute atomic E-state index is 11.0. The third-order valence-corrected chi connectivity index (χ3v) is 2.10. The second-order valence-corrected chi connectivity index (χ2v) is 3.59. The van der Waals surface area contributed by atoms with Crippen LogP contribution in [-0.4, -0.2) is 11.9 Å². The van der Waals surface area contributed by atoms with Crippen LogP contribution in [0.25, 0.3) is 0 Å². The lowest BCUT2D eigenvalue weighted by Crippen LogP contribution is -2.20. The van der Waals surface area contributed by atoms with Gasteiger partial charge in [0.15, 0.2) is 11.9 Å². The third kappa shape index (κ3) is 3.26. The quantitative estimate of drug-likeness (QED) is 0.791. The van der Waals surface area contributed by atoms with Crippen LogP contribution in [0.5, 0.6) is 5.75 Å². The van der Waals surface area contributed by atoms with Crippen LogP contribution in [0.1, 0.15) is 19.4 Å². The van der Waals surface area contributed by atoms with Crippen molar-refractivity contribution in [2.75, 3.05) is 0 Å². The molecule has 0 fully saturated rings. The van der Waals surface area contributed by atoms with Crippen molar-refractivity contribution in [1.82, 2.24) is 0 Å². The topological polar surface area (TPSA) is 50.1 Å². The van der Waals surface area contributed by atoms with Gasteiger partial charge in [0, 0.05) is 5.02 Å². The van der Waals surface area contributed by atoms with E-state index in [1.165, 1.54) is 13.0 Å². The molecule has 0 saturated heterocycles. The molecule has 4 heteroatoms. The number of benzene rings is 1. The summed E-state index contributed by atoms with van der Waals surface area (Å²) in [5.41, 5.74) is 0.410. The first-order valence-corrected chi connectivity index (χ1v) is 4.78. The molecule has 0 aliphatic carbocycles. The minimum absolute atomic E-state index is 0.0755. The normalized spacial score (nSPS) is 11.6. The summed E-state index contributed by atoms with van der Waals surface area (Å²) in [5, 5.41) is 9.12. The van der Waals surface area contributed by atoms with Crippen LogP contribution in [0.15, 0.2) is 18.2 Å². The zero-order valence-electron chi connectivity index (χ0n) is 8.45. The summed E-state index contributed by atoms with van der Waals surface area (Å²) in [5.74, 6) is 0.357. The first kappa shape index (κ1) is 11.5. The number of carbonyl (C=O) groups is 1. The van der Waals surface area contributed by atoms with E-state index in [2.05, 4.69) is 0 Å². The van der Waals surface area contributed by atoms with Crippen molar-refractivity contribution in [3.8, 4) is 11.8 Å². The molecule has 0 radical (unpaired) electrons. The van der Waals surface area contributed by atoms with Gasteiger partial charge in [-0.3, -0.25) is 4.79 Å². The Bertz CT molecular complexity index is 423. The van der Waals surface area contributed by atoms with E-state index in [0.29, 0.717) is 16.3 Å². The molecule has 1 unspecified atom stereocenters. The summed E-state index contributed by atoms with van der Waals surface area (Å²) in [6, 6.07) is 6.61. The molecule has 1 aromatic carbocycles. The Morgan fingerprint density at radius 2 is 2.20 bits per heavy atom. The fourth-order valence-corrected chi connectivity index (χ4v) is 1.21. The van der Waals surface area contributed by atoms with Gasteiger partial charge >= 0.3 is 0 Å². The van der Waals surface area contributed by atoms with Crippen LogP contribution < -0.4 is 4.74 Å². The third-order valence-electron chi connectivity index (χ3n) is 1.89. The summed E-state index contributed by atoms with van der Waals surface area (Å²) < 4.78 is 5.31. The van der Waals surface area contributed by atoms with Crippen LogP contribution in [0.4, 0.5) is 0 Å². The zero-order valence-corrected chi connectivity index (χ0v) is 9.21. The van der Waals surface area contributed by atoms with Crippen molar-refractivity contribution in [3.05, 3.63) is 28.8 Å². The number of rotatable bonds is 3. The van der Waals surface area contributed by atoms with Crippen LogP contribution in [-0.2, 0) is 4.79 Å². The highest BCUT2D eigenvalue weighted by Gasteiger charge is 2.10. The van der Waals surface area contributed by atoms with Gasteiger partial charge in [-0.25, -0.2) is 0 Å². The van der Waals surface area contributed by atoms with Crippen molar-refractivity contribution in [2.45, 2.75) is 20.0 Å². The molecule has 0 aliphatic heterocycles. The van der Waals surface area contributed by atoms with Gasteiger partial charge in [-0.15, -0.1) is 0 Å². The second-order valence-electron chi connectivity index (χ2n) is 3.16. The SMILES string of the molecule is CC(=O)C(C)Oc1cc(Cl)cc(C#N)c1. The number of ether oxygens (including phenoxy) is 1. The first-order chi connectivity index (χ1) is 7.02. The summed E-state index contributed by atoms with van der Waals surface area (Å²) in [4.78, 5) is 11.0. The number of hydrogen-bond donors (Lipinski definition) is 0. The van der Waals surface area contributed by atoms with Crippen LogP contribution in [0, 0.1) is 11.3 Å². The van der Waals surface area contributed by atoms with Gasteiger partial charge < -0.3 is 4.74 Å². The standard InChI is InChI=1S/C11H10ClNO2/c1-7(14)8(2)15-11-4-9(6-13)3-10(12)5-11/h3-5,8H,1-2H3. The summed E-state index contributed by atoms with van der Waals surface area (Å²) in [7, 11) is 0. The number of hydrogen-bond acceptors (Lipinski definition) is 3. The highest BCUT2D eigenvalue weighted by atomic mass is 35.5. The number of nitrogens with zero attached hydrogens (tertiary/aromatic N) is 1. The minimum Gasteiger partial charge on any atom is -0.483 e. The molecule has 0 N–H and O–H groups in total. The molecular weight excluding hydrogens is 214 g/mol. The molecule has 0 bridgehead atoms. The Kier molecular flexibility index (Phi) is 3.70. The Morgan fingerprint density at radius 1 is 1.53 bits per heavy atom. The van der Waals surface area contributed by atoms with E-state index in [-0.39, 0.29) is 5.78 Å². The van der Waals surface area contributed by atoms with Gasteiger partial charge in [-0.05, 0) is 32.0 Å². The van der Waals surface area contributed by atoms with E-state index in [0.717, 1.165) is 0 Å². The molecule has 0 heterocycles. The molecule has 0 aromatic heterocycles. The number of Topliss-reactive ketones (excluding diaryl/α,β-unsaturated/α-hetero) is 1. The average Bonchev–Trinajstić information content (AvgIpc) is 2.16. The van der Waals surface area contributed by atoms with E-state index in [1.807, 2.05) is 6.07 Å². The van der Waals surface area contributed by atoms with Crippen LogP contribution >= 0.6 is 11.6 Å². The lowest BCUT2D eigenvalue weighted by molar-refractivity contribution is -0.122. The Morgan fingerprint density at radius 3 is 2.73 bits per heavy atom. The second kappa shape index (κ2) is 4.81. The van der Waals surface area contributed by atoms with E-state index in [9.17, 15) is 4.79 Å². The summed E-state index contributed by atoms with van der Waals surface area (Å²) in [6.07, 6.45) is -0.532. The molecular formula is C11H10ClNO2. The highest BCUT2D eigenvalue weighted by molar-refractivity contribution is 6.30. The van der Waals surface area contributed by atoms with E-state index < -0.39 is 6.10 Å². The molecule has 78 valence electrons. The lowest BCUT2D eigenvalue weighted by Gasteiger charge is -2.11. The fraction of sp³-hybridized carbons (Fsp3) is 0.273. The fourth-order valence-electron chi connectivity index (χ4n) is 0.982. The molecule has 1 atom stereocenters. The van der Waals surface area contributed by atoms with Crippen LogP contribution in [0.3, 0.4) is 0 Å². The van der Waals surface area contributed by atoms with Crippen molar-refractivity contribution < 1.29 is 9.53 Å². The predicted octanol–water partition coefficient (Wildman–Crippen LogP) is 2.57. The first-order valence-electron chi connectivity index (χ1n) is 4.40. The Labute approximate surface area is 93.2 Å². The molecule has 15 heavy (non-hydrogen) atoms. The Hall–Kier alpha value is -1.53. The van der Waals surface area contributed by atoms with Crippen molar-refractivity contribution >= 4 is 17.4 Å². The van der Waals surface area contributed by atoms with E-state index in [1.54, 1.807) is 19.1 Å². The van der Waals surface area contributed by atoms with Gasteiger partial charge in [0.1, 0.15) is 5.75 Å². The van der Waals surface area contributed by atoms with Crippen molar-refractivity contribution in [2.24, 2.45) is 0 Å². The molecule has 1 rings (SSSR count). The molecule has 0 amide bonds. The Balaban J connectivity index is 2.91. The highest BCUT2D eigenvalue weighted by Crippen LogP contribution is 2.21. The maximum Gasteiger partial charge on any atom is 0.169 e. The predicted molar refractivity (Wildman–Crippen MR) is 56.9 cm³/mol. The van der Waals surface area contributed by atoms with Gasteiger partial charge in [-0.1, -0.05) is 11.6 Å². The monoisotopic (exact) mass is 223 g/mol. The molecule has 0 spiro atoms. The number of ketones is 1. The largest absolute Gasteiger partial charge is 0.483 e. The average molecular weight is 224 g/mol. The van der Waals surface area contributed by atoms with Gasteiger partial charge in [0.05, 0.1) is 11.6 Å². The van der Waals surface area contributed by atoms with Crippen molar-refractivity contribution in [1.29, 1.82) is 5.26 Å². The van der Waals surface area contributed by atoms with Gasteiger partial charge in [-0.2, -0.15) is 5.26 Å². The lowest BCUT2D eigenvalue weighted by atomic mass is 10.2. The molecule has 3 nitrogen and oxygen atoms in total. The molecule has 0 aliphatic rings. The van der Waals surface area contributed by atoms with Gasteiger partial charge in [0.2, 0.25) is 0 Å². The summed E-state index contributed by atoms with van der Waals surface area (Å²) in [6.45, 7) is 3.09. The number of carbonyl (C=O) groups excluding carboxylic acids is 1. The van der Waals surface area contributed by atoms with E-state index >= 15 is 0 Å². The van der Waals surface area contributed by atoms with Crippen molar-refractivity contribution in [3.63, 3.8) is 0 Å². The zero-order chi connectivity index (χ0) is 11.4. The van der Waals surface area contributed by atoms with Crippen LogP contribution in [0.2, 0.25) is 5.02 Å². The van der Waals surface area contributed by atoms with Gasteiger partial charge in [0.25, 0.3) is 0 Å².